The van der Waals surface area contributed by atoms with Gasteiger partial charge >= 0.3 is 6.18 Å². The first kappa shape index (κ1) is 14.6. The van der Waals surface area contributed by atoms with Gasteiger partial charge in [0.15, 0.2) is 0 Å². The third kappa shape index (κ3) is 3.29. The largest absolute Gasteiger partial charge is 0.496 e. The summed E-state index contributed by atoms with van der Waals surface area (Å²) in [6, 6.07) is 2.09. The number of alkyl halides is 3. The maximum Gasteiger partial charge on any atom is 0.420 e. The highest BCUT2D eigenvalue weighted by molar-refractivity contribution is 5.48. The number of halogens is 3. The van der Waals surface area contributed by atoms with Crippen molar-refractivity contribution in [2.45, 2.75) is 25.6 Å². The molecular formula is C12H16F3NO2. The lowest BCUT2D eigenvalue weighted by Gasteiger charge is -2.17. The van der Waals surface area contributed by atoms with Crippen LogP contribution in [0.25, 0.3) is 0 Å². The monoisotopic (exact) mass is 263 g/mol. The molecule has 0 aliphatic rings. The topological polar surface area (TPSA) is 44.5 Å². The molecular weight excluding hydrogens is 247 g/mol. The Labute approximate surface area is 104 Å². The van der Waals surface area contributed by atoms with E-state index >= 15 is 0 Å². The normalized spacial score (nSPS) is 13.3. The van der Waals surface area contributed by atoms with E-state index in [4.69, 9.17) is 15.2 Å². The third-order valence-corrected chi connectivity index (χ3v) is 2.45. The summed E-state index contributed by atoms with van der Waals surface area (Å²) in [6.07, 6.45) is -4.07. The van der Waals surface area contributed by atoms with Crippen molar-refractivity contribution in [1.82, 2.24) is 0 Å². The summed E-state index contributed by atoms with van der Waals surface area (Å²) in [7, 11) is 2.53. The van der Waals surface area contributed by atoms with Crippen molar-refractivity contribution in [2.75, 3.05) is 14.2 Å². The summed E-state index contributed by atoms with van der Waals surface area (Å²) in [6.45, 7) is 1.77. The van der Waals surface area contributed by atoms with Crippen molar-refractivity contribution in [1.29, 1.82) is 0 Å². The van der Waals surface area contributed by atoms with Crippen LogP contribution in [0, 0.1) is 0 Å². The molecule has 1 aromatic carbocycles. The Bertz CT molecular complexity index is 417. The summed E-state index contributed by atoms with van der Waals surface area (Å²) in [5.41, 5.74) is 5.39. The second kappa shape index (κ2) is 5.48. The van der Waals surface area contributed by atoms with E-state index in [0.29, 0.717) is 12.0 Å². The molecule has 0 fully saturated rings. The summed E-state index contributed by atoms with van der Waals surface area (Å²) < 4.78 is 48.1. The van der Waals surface area contributed by atoms with Crippen molar-refractivity contribution < 1.29 is 22.6 Å². The lowest BCUT2D eigenvalue weighted by Crippen LogP contribution is -2.19. The summed E-state index contributed by atoms with van der Waals surface area (Å²) in [4.78, 5) is 0. The van der Waals surface area contributed by atoms with Gasteiger partial charge in [-0.25, -0.2) is 0 Å². The average Bonchev–Trinajstić information content (AvgIpc) is 2.26. The number of nitrogens with two attached hydrogens (primary N) is 1. The molecule has 0 aromatic heterocycles. The Balaban J connectivity index is 3.32. The zero-order chi connectivity index (χ0) is 13.9. The minimum atomic E-state index is -4.48. The lowest BCUT2D eigenvalue weighted by molar-refractivity contribution is -0.138. The predicted molar refractivity (Wildman–Crippen MR) is 61.9 cm³/mol. The SMILES string of the molecule is COc1cc(C(F)(F)F)c(OC)cc1C[C@@H](C)N. The molecule has 18 heavy (non-hydrogen) atoms. The van der Waals surface area contributed by atoms with E-state index in [1.807, 2.05) is 0 Å². The van der Waals surface area contributed by atoms with Crippen molar-refractivity contribution >= 4 is 0 Å². The number of rotatable bonds is 4. The Kier molecular flexibility index (Phi) is 4.45. The van der Waals surface area contributed by atoms with Crippen molar-refractivity contribution in [2.24, 2.45) is 5.73 Å². The van der Waals surface area contributed by atoms with Gasteiger partial charge in [0, 0.05) is 6.04 Å². The Morgan fingerprint density at radius 2 is 1.72 bits per heavy atom. The first-order valence-corrected chi connectivity index (χ1v) is 5.37. The molecule has 0 saturated heterocycles. The molecule has 0 bridgehead atoms. The highest BCUT2D eigenvalue weighted by atomic mass is 19.4. The quantitative estimate of drug-likeness (QED) is 0.908. The van der Waals surface area contributed by atoms with Gasteiger partial charge in [-0.1, -0.05) is 0 Å². The molecule has 6 heteroatoms. The molecule has 0 amide bonds. The van der Waals surface area contributed by atoms with Crippen LogP contribution in [-0.2, 0) is 12.6 Å². The maximum atomic E-state index is 12.8. The van der Waals surface area contributed by atoms with Gasteiger partial charge in [-0.2, -0.15) is 13.2 Å². The van der Waals surface area contributed by atoms with Gasteiger partial charge in [0.05, 0.1) is 14.2 Å². The molecule has 0 aliphatic heterocycles. The third-order valence-electron chi connectivity index (χ3n) is 2.45. The zero-order valence-corrected chi connectivity index (χ0v) is 10.5. The van der Waals surface area contributed by atoms with E-state index in [1.54, 1.807) is 6.92 Å². The first-order chi connectivity index (χ1) is 8.29. The van der Waals surface area contributed by atoms with E-state index in [0.717, 1.165) is 6.07 Å². The van der Waals surface area contributed by atoms with Gasteiger partial charge in [-0.3, -0.25) is 0 Å². The van der Waals surface area contributed by atoms with E-state index in [-0.39, 0.29) is 17.5 Å². The van der Waals surface area contributed by atoms with Crippen LogP contribution < -0.4 is 15.2 Å². The minimum absolute atomic E-state index is 0.167. The fourth-order valence-electron chi connectivity index (χ4n) is 1.69. The molecule has 1 rings (SSSR count). The summed E-state index contributed by atoms with van der Waals surface area (Å²) in [5.74, 6) is -0.0561. The lowest BCUT2D eigenvalue weighted by atomic mass is 10.0. The van der Waals surface area contributed by atoms with Gasteiger partial charge in [-0.05, 0) is 31.0 Å². The van der Waals surface area contributed by atoms with Crippen LogP contribution in [-0.4, -0.2) is 20.3 Å². The minimum Gasteiger partial charge on any atom is -0.496 e. The van der Waals surface area contributed by atoms with Gasteiger partial charge < -0.3 is 15.2 Å². The van der Waals surface area contributed by atoms with Gasteiger partial charge in [0.25, 0.3) is 0 Å². The van der Waals surface area contributed by atoms with Gasteiger partial charge in [0.1, 0.15) is 17.1 Å². The van der Waals surface area contributed by atoms with E-state index in [9.17, 15) is 13.2 Å². The number of methoxy groups -OCH3 is 2. The van der Waals surface area contributed by atoms with E-state index < -0.39 is 11.7 Å². The van der Waals surface area contributed by atoms with E-state index in [1.165, 1.54) is 20.3 Å². The Hall–Kier alpha value is -1.43. The molecule has 0 aliphatic carbocycles. The smallest absolute Gasteiger partial charge is 0.420 e. The molecule has 0 radical (unpaired) electrons. The number of hydrogen-bond donors (Lipinski definition) is 1. The van der Waals surface area contributed by atoms with Gasteiger partial charge in [-0.15, -0.1) is 0 Å². The molecule has 0 spiro atoms. The van der Waals surface area contributed by atoms with Crippen molar-refractivity contribution in [3.8, 4) is 11.5 Å². The first-order valence-electron chi connectivity index (χ1n) is 5.37. The standard InChI is InChI=1S/C12H16F3NO2/c1-7(16)4-8-5-11(18-3)9(12(13,14)15)6-10(8)17-2/h5-7H,4,16H2,1-3H3/t7-/m1/s1. The van der Waals surface area contributed by atoms with Crippen LogP contribution in [0.2, 0.25) is 0 Å². The number of benzene rings is 1. The van der Waals surface area contributed by atoms with Crippen LogP contribution in [0.5, 0.6) is 11.5 Å². The molecule has 1 aromatic rings. The molecule has 102 valence electrons. The molecule has 3 nitrogen and oxygen atoms in total. The van der Waals surface area contributed by atoms with Crippen molar-refractivity contribution in [3.05, 3.63) is 23.3 Å². The molecule has 0 unspecified atom stereocenters. The van der Waals surface area contributed by atoms with E-state index in [2.05, 4.69) is 0 Å². The predicted octanol–water partition coefficient (Wildman–Crippen LogP) is 2.61. The fourth-order valence-corrected chi connectivity index (χ4v) is 1.69. The number of hydrogen-bond acceptors (Lipinski definition) is 3. The molecule has 1 atom stereocenters. The maximum absolute atomic E-state index is 12.8. The molecule has 0 heterocycles. The van der Waals surface area contributed by atoms with Crippen LogP contribution in [0.1, 0.15) is 18.1 Å². The average molecular weight is 263 g/mol. The number of ether oxygens (including phenoxy) is 2. The van der Waals surface area contributed by atoms with Gasteiger partial charge in [0.2, 0.25) is 0 Å². The van der Waals surface area contributed by atoms with Crippen LogP contribution in [0.15, 0.2) is 12.1 Å². The second-order valence-electron chi connectivity index (χ2n) is 4.04. The van der Waals surface area contributed by atoms with Crippen LogP contribution in [0.3, 0.4) is 0 Å². The highest BCUT2D eigenvalue weighted by Gasteiger charge is 2.35. The van der Waals surface area contributed by atoms with Crippen molar-refractivity contribution in [3.63, 3.8) is 0 Å². The fraction of sp³-hybridized carbons (Fsp3) is 0.500. The highest BCUT2D eigenvalue weighted by Crippen LogP contribution is 2.40. The summed E-state index contributed by atoms with van der Waals surface area (Å²) >= 11 is 0. The van der Waals surface area contributed by atoms with Crippen LogP contribution >= 0.6 is 0 Å². The second-order valence-corrected chi connectivity index (χ2v) is 4.04. The van der Waals surface area contributed by atoms with Crippen LogP contribution in [0.4, 0.5) is 13.2 Å². The Morgan fingerprint density at radius 1 is 1.17 bits per heavy atom. The Morgan fingerprint density at radius 3 is 2.11 bits per heavy atom. The molecule has 2 N–H and O–H groups in total. The zero-order valence-electron chi connectivity index (χ0n) is 10.5. The molecule has 0 saturated carbocycles. The summed E-state index contributed by atoms with van der Waals surface area (Å²) in [5, 5.41) is 0.